The number of aromatic nitrogens is 1. The van der Waals surface area contributed by atoms with Crippen LogP contribution in [0.2, 0.25) is 0 Å². The molecule has 0 atom stereocenters. The van der Waals surface area contributed by atoms with Crippen molar-refractivity contribution in [1.82, 2.24) is 4.98 Å². The maximum atomic E-state index is 12.5. The van der Waals surface area contributed by atoms with Crippen LogP contribution in [0.1, 0.15) is 52.0 Å². The fourth-order valence-corrected chi connectivity index (χ4v) is 5.05. The molecule has 3 aliphatic rings. The number of azo groups is 1. The number of ether oxygens (including phenoxy) is 2. The number of halogens is 1. The zero-order valence-electron chi connectivity index (χ0n) is 20.8. The molecular formula is C27H31ClN4O4. The van der Waals surface area contributed by atoms with Gasteiger partial charge in [0.1, 0.15) is 17.0 Å². The highest BCUT2D eigenvalue weighted by Crippen LogP contribution is 2.35. The van der Waals surface area contributed by atoms with Gasteiger partial charge in [-0.25, -0.2) is 4.79 Å². The maximum absolute atomic E-state index is 12.5. The Morgan fingerprint density at radius 3 is 2.61 bits per heavy atom. The highest BCUT2D eigenvalue weighted by atomic mass is 35.5. The molecule has 0 amide bonds. The number of hydroxylamine groups is 1. The summed E-state index contributed by atoms with van der Waals surface area (Å²) in [6.45, 7) is 6.07. The van der Waals surface area contributed by atoms with Crippen molar-refractivity contribution in [3.63, 3.8) is 0 Å². The Labute approximate surface area is 215 Å². The number of allylic oxidation sites excluding steroid dienone is 1. The molecule has 1 aromatic heterocycles. The molecule has 9 heteroatoms. The van der Waals surface area contributed by atoms with E-state index in [1.165, 1.54) is 5.06 Å². The Morgan fingerprint density at radius 1 is 1.14 bits per heavy atom. The third kappa shape index (κ3) is 5.43. The summed E-state index contributed by atoms with van der Waals surface area (Å²) in [7, 11) is 0. The SMILES string of the molecule is CC(C)(C)OC(=O)ON1CC=C(Cl)C=c2[nH]c3c(c21)CN=NC=3C1CCC(Oc2ccccc2)CC1. The predicted molar refractivity (Wildman–Crippen MR) is 138 cm³/mol. The van der Waals surface area contributed by atoms with Gasteiger partial charge in [-0.3, -0.25) is 0 Å². The summed E-state index contributed by atoms with van der Waals surface area (Å²) in [5.41, 5.74) is 1.95. The third-order valence-corrected chi connectivity index (χ3v) is 6.69. The molecule has 2 aromatic rings. The summed E-state index contributed by atoms with van der Waals surface area (Å²) < 4.78 is 11.6. The number of hydrogen-bond acceptors (Lipinski definition) is 7. The highest BCUT2D eigenvalue weighted by molar-refractivity contribution is 6.34. The lowest BCUT2D eigenvalue weighted by Crippen LogP contribution is -2.34. The van der Waals surface area contributed by atoms with Gasteiger partial charge in [-0.15, -0.1) is 0 Å². The lowest BCUT2D eigenvalue weighted by Gasteiger charge is -2.29. The van der Waals surface area contributed by atoms with Crippen LogP contribution in [0.4, 0.5) is 10.5 Å². The number of nitrogens with zero attached hydrogens (tertiary/aromatic N) is 3. The minimum atomic E-state index is -0.770. The van der Waals surface area contributed by atoms with E-state index in [9.17, 15) is 4.79 Å². The lowest BCUT2D eigenvalue weighted by atomic mass is 9.84. The topological polar surface area (TPSA) is 88.5 Å². The van der Waals surface area contributed by atoms with Gasteiger partial charge in [0, 0.05) is 16.5 Å². The van der Waals surface area contributed by atoms with E-state index in [4.69, 9.17) is 25.9 Å². The second-order valence-corrected chi connectivity index (χ2v) is 10.7. The van der Waals surface area contributed by atoms with E-state index in [1.54, 1.807) is 26.8 Å². The number of carbonyl (C=O) groups is 1. The Bertz CT molecular complexity index is 1300. The van der Waals surface area contributed by atoms with E-state index in [0.717, 1.165) is 59.1 Å². The molecule has 1 aliphatic carbocycles. The van der Waals surface area contributed by atoms with E-state index in [-0.39, 0.29) is 12.0 Å². The number of para-hydroxylation sites is 1. The average Bonchev–Trinajstić information content (AvgIpc) is 3.12. The van der Waals surface area contributed by atoms with E-state index in [1.807, 2.05) is 36.4 Å². The molecule has 1 N–H and O–H groups in total. The first-order chi connectivity index (χ1) is 17.3. The molecular weight excluding hydrogens is 480 g/mol. The number of carbonyl (C=O) groups excluding carboxylic acids is 1. The Kier molecular flexibility index (Phi) is 6.79. The zero-order valence-corrected chi connectivity index (χ0v) is 21.5. The molecule has 0 unspecified atom stereocenters. The van der Waals surface area contributed by atoms with Crippen molar-refractivity contribution in [2.24, 2.45) is 16.1 Å². The molecule has 8 nitrogen and oxygen atoms in total. The number of benzene rings is 1. The molecule has 2 aliphatic heterocycles. The number of anilines is 1. The number of fused-ring (bicyclic) bond motifs is 3. The fourth-order valence-electron chi connectivity index (χ4n) is 4.88. The summed E-state index contributed by atoms with van der Waals surface area (Å²) in [6.07, 6.45) is 6.86. The highest BCUT2D eigenvalue weighted by Gasteiger charge is 2.31. The molecule has 3 heterocycles. The second kappa shape index (κ2) is 10.0. The molecule has 36 heavy (non-hydrogen) atoms. The van der Waals surface area contributed by atoms with Crippen molar-refractivity contribution < 1.29 is 19.1 Å². The summed E-state index contributed by atoms with van der Waals surface area (Å²) in [5, 5.41) is 12.8. The van der Waals surface area contributed by atoms with Crippen LogP contribution in [0, 0.1) is 5.92 Å². The summed E-state index contributed by atoms with van der Waals surface area (Å²) in [5.74, 6) is 1.17. The van der Waals surface area contributed by atoms with Gasteiger partial charge in [0.25, 0.3) is 0 Å². The van der Waals surface area contributed by atoms with Gasteiger partial charge >= 0.3 is 6.16 Å². The normalized spacial score (nSPS) is 21.5. The molecule has 0 bridgehead atoms. The molecule has 190 valence electrons. The molecule has 1 saturated carbocycles. The van der Waals surface area contributed by atoms with Crippen molar-refractivity contribution in [3.8, 4) is 5.75 Å². The van der Waals surface area contributed by atoms with Crippen molar-refractivity contribution in [3.05, 3.63) is 57.7 Å². The molecule has 5 rings (SSSR count). The van der Waals surface area contributed by atoms with Gasteiger partial charge in [0.2, 0.25) is 0 Å². The van der Waals surface area contributed by atoms with Gasteiger partial charge < -0.3 is 19.3 Å². The van der Waals surface area contributed by atoms with Crippen LogP contribution in [-0.4, -0.2) is 29.4 Å². The van der Waals surface area contributed by atoms with Crippen LogP contribution < -0.4 is 20.5 Å². The second-order valence-electron chi connectivity index (χ2n) is 10.3. The smallest absolute Gasteiger partial charge is 0.490 e. The van der Waals surface area contributed by atoms with Crippen molar-refractivity contribution in [2.45, 2.75) is 64.7 Å². The van der Waals surface area contributed by atoms with Crippen LogP contribution in [0.3, 0.4) is 0 Å². The van der Waals surface area contributed by atoms with Gasteiger partial charge in [0.15, 0.2) is 0 Å². The standard InChI is InChI=1S/C27H31ClN4O4/c1-27(2,3)35-26(33)36-32-14-13-18(28)15-22-25(32)21-16-29-31-23(24(21)30-22)17-9-11-20(12-10-17)34-19-7-5-4-6-8-19/h4-8,13,15,17,20,30H,9-12,14,16H2,1-3H3. The summed E-state index contributed by atoms with van der Waals surface area (Å²) in [4.78, 5) is 21.6. The number of rotatable bonds is 4. The first-order valence-electron chi connectivity index (χ1n) is 12.4. The van der Waals surface area contributed by atoms with Crippen LogP contribution in [0.25, 0.3) is 11.8 Å². The number of hydrogen-bond donors (Lipinski definition) is 1. The minimum Gasteiger partial charge on any atom is -0.490 e. The Hall–Kier alpha value is -3.26. The van der Waals surface area contributed by atoms with Crippen LogP contribution in [0.15, 0.2) is 51.7 Å². The van der Waals surface area contributed by atoms with Crippen LogP contribution >= 0.6 is 11.6 Å². The van der Waals surface area contributed by atoms with Crippen molar-refractivity contribution in [1.29, 1.82) is 0 Å². The van der Waals surface area contributed by atoms with Crippen molar-refractivity contribution >= 4 is 35.2 Å². The first kappa shape index (κ1) is 24.4. The minimum absolute atomic E-state index is 0.194. The van der Waals surface area contributed by atoms with Gasteiger partial charge in [-0.05, 0) is 70.7 Å². The molecule has 0 radical (unpaired) electrons. The molecule has 0 spiro atoms. The van der Waals surface area contributed by atoms with Crippen LogP contribution in [0.5, 0.6) is 5.75 Å². The van der Waals surface area contributed by atoms with E-state index in [0.29, 0.717) is 18.1 Å². The Balaban J connectivity index is 1.41. The first-order valence-corrected chi connectivity index (χ1v) is 12.7. The summed E-state index contributed by atoms with van der Waals surface area (Å²) in [6, 6.07) is 9.96. The van der Waals surface area contributed by atoms with Crippen molar-refractivity contribution in [2.75, 3.05) is 11.6 Å². The number of nitrogens with one attached hydrogen (secondary N) is 1. The number of H-pyrrole nitrogens is 1. The Morgan fingerprint density at radius 2 is 1.89 bits per heavy atom. The molecule has 1 aromatic carbocycles. The predicted octanol–water partition coefficient (Wildman–Crippen LogP) is 5.32. The largest absolute Gasteiger partial charge is 0.533 e. The van der Waals surface area contributed by atoms with Gasteiger partial charge in [-0.1, -0.05) is 29.8 Å². The average molecular weight is 511 g/mol. The number of aromatic amines is 1. The van der Waals surface area contributed by atoms with E-state index >= 15 is 0 Å². The van der Waals surface area contributed by atoms with Gasteiger partial charge in [0.05, 0.1) is 35.6 Å². The molecule has 1 fully saturated rings. The zero-order chi connectivity index (χ0) is 25.3. The molecule has 0 saturated heterocycles. The quantitative estimate of drug-likeness (QED) is 0.562. The fraction of sp³-hybridized carbons (Fsp3) is 0.444. The maximum Gasteiger partial charge on any atom is 0.533 e. The third-order valence-electron chi connectivity index (χ3n) is 6.43. The van der Waals surface area contributed by atoms with E-state index < -0.39 is 11.8 Å². The monoisotopic (exact) mass is 510 g/mol. The van der Waals surface area contributed by atoms with E-state index in [2.05, 4.69) is 15.2 Å². The van der Waals surface area contributed by atoms with Crippen LogP contribution in [-0.2, 0) is 16.1 Å². The summed E-state index contributed by atoms with van der Waals surface area (Å²) >= 11 is 6.41. The van der Waals surface area contributed by atoms with Gasteiger partial charge in [-0.2, -0.15) is 15.3 Å². The lowest BCUT2D eigenvalue weighted by molar-refractivity contribution is -0.0116.